The highest BCUT2D eigenvalue weighted by Gasteiger charge is 2.52. The van der Waals surface area contributed by atoms with Gasteiger partial charge in [-0.2, -0.15) is 0 Å². The van der Waals surface area contributed by atoms with E-state index in [0.29, 0.717) is 24.0 Å². The molecule has 1 unspecified atom stereocenters. The summed E-state index contributed by atoms with van der Waals surface area (Å²) >= 11 is 0. The lowest BCUT2D eigenvalue weighted by molar-refractivity contribution is -0.178. The Balaban J connectivity index is 1.95. The van der Waals surface area contributed by atoms with E-state index in [0.717, 1.165) is 44.9 Å². The van der Waals surface area contributed by atoms with Crippen molar-refractivity contribution in [3.63, 3.8) is 0 Å². The van der Waals surface area contributed by atoms with E-state index in [1.54, 1.807) is 6.92 Å². The number of esters is 2. The number of hydrogen-bond acceptors (Lipinski definition) is 5. The molecule has 0 amide bonds. The average Bonchev–Trinajstić information content (AvgIpc) is 2.91. The molecule has 2 saturated carbocycles. The van der Waals surface area contributed by atoms with Gasteiger partial charge >= 0.3 is 11.9 Å². The Bertz CT molecular complexity index is 557. The summed E-state index contributed by atoms with van der Waals surface area (Å²) in [5, 5.41) is 0. The summed E-state index contributed by atoms with van der Waals surface area (Å²) in [4.78, 5) is 35.7. The van der Waals surface area contributed by atoms with Gasteiger partial charge in [-0.25, -0.2) is 4.79 Å². The molecule has 2 aliphatic carbocycles. The lowest BCUT2D eigenvalue weighted by atomic mass is 9.62. The van der Waals surface area contributed by atoms with E-state index in [9.17, 15) is 14.4 Å². The van der Waals surface area contributed by atoms with Crippen LogP contribution in [-0.2, 0) is 23.9 Å². The van der Waals surface area contributed by atoms with Crippen LogP contribution in [0.2, 0.25) is 0 Å². The zero-order chi connectivity index (χ0) is 19.5. The van der Waals surface area contributed by atoms with Crippen molar-refractivity contribution in [1.29, 1.82) is 0 Å². The number of Topliss-reactive ketones (excluding diaryl/α,β-unsaturated/α-hetero) is 1. The Morgan fingerprint density at radius 1 is 1.35 bits per heavy atom. The van der Waals surface area contributed by atoms with E-state index in [4.69, 9.17) is 9.47 Å². The lowest BCUT2D eigenvalue weighted by Crippen LogP contribution is -2.41. The van der Waals surface area contributed by atoms with Crippen molar-refractivity contribution in [2.24, 2.45) is 23.2 Å². The molecule has 5 atom stereocenters. The van der Waals surface area contributed by atoms with Crippen LogP contribution in [0.1, 0.15) is 79.1 Å². The van der Waals surface area contributed by atoms with Gasteiger partial charge in [0.15, 0.2) is 0 Å². The van der Waals surface area contributed by atoms with Crippen LogP contribution in [0.3, 0.4) is 0 Å². The molecule has 5 heteroatoms. The van der Waals surface area contributed by atoms with Gasteiger partial charge in [0, 0.05) is 19.3 Å². The third kappa shape index (κ3) is 4.12. The van der Waals surface area contributed by atoms with Gasteiger partial charge in [-0.3, -0.25) is 9.59 Å². The van der Waals surface area contributed by atoms with Crippen LogP contribution in [-0.4, -0.2) is 30.4 Å². The zero-order valence-corrected chi connectivity index (χ0v) is 16.9. The maximum Gasteiger partial charge on any atom is 0.350 e. The first-order valence-electron chi connectivity index (χ1n) is 9.95. The molecular formula is C21H34O5. The van der Waals surface area contributed by atoms with Gasteiger partial charge in [-0.1, -0.05) is 20.3 Å². The van der Waals surface area contributed by atoms with Crippen molar-refractivity contribution in [3.8, 4) is 0 Å². The number of fused-ring (bicyclic) bond motifs is 1. The van der Waals surface area contributed by atoms with E-state index in [1.807, 2.05) is 0 Å². The van der Waals surface area contributed by atoms with Crippen LogP contribution in [0, 0.1) is 23.2 Å². The molecule has 0 spiro atoms. The maximum atomic E-state index is 12.3. The van der Waals surface area contributed by atoms with Crippen molar-refractivity contribution in [2.45, 2.75) is 84.7 Å². The van der Waals surface area contributed by atoms with Gasteiger partial charge in [0.05, 0.1) is 7.11 Å². The van der Waals surface area contributed by atoms with Gasteiger partial charge in [-0.05, 0) is 62.7 Å². The third-order valence-corrected chi connectivity index (χ3v) is 6.92. The second-order valence-corrected chi connectivity index (χ2v) is 8.75. The number of methoxy groups -OCH3 is 1. The van der Waals surface area contributed by atoms with Crippen molar-refractivity contribution in [3.05, 3.63) is 0 Å². The fourth-order valence-corrected chi connectivity index (χ4v) is 5.60. The molecule has 0 aromatic carbocycles. The van der Waals surface area contributed by atoms with Crippen LogP contribution < -0.4 is 0 Å². The quantitative estimate of drug-likeness (QED) is 0.635. The monoisotopic (exact) mass is 366 g/mol. The largest absolute Gasteiger partial charge is 0.466 e. The van der Waals surface area contributed by atoms with E-state index in [1.165, 1.54) is 14.0 Å². The highest BCUT2D eigenvalue weighted by atomic mass is 16.6. The standard InChI is InChI=1S/C21H34O5/c1-14(8-6-13-21(4,19(24)25-5)26-15(2)22)16-10-11-17-18(23)9-7-12-20(16,17)3/h14,16-17H,6-13H2,1-5H3/t14-,16-,17?,20-,21-/m1/s1. The van der Waals surface area contributed by atoms with Crippen LogP contribution in [0.25, 0.3) is 0 Å². The number of carbonyl (C=O) groups excluding carboxylic acids is 3. The second-order valence-electron chi connectivity index (χ2n) is 8.75. The molecular weight excluding hydrogens is 332 g/mol. The number of carbonyl (C=O) groups is 3. The molecule has 0 bridgehead atoms. The Morgan fingerprint density at radius 3 is 2.65 bits per heavy atom. The molecule has 5 nitrogen and oxygen atoms in total. The normalized spacial score (nSPS) is 31.7. The van der Waals surface area contributed by atoms with E-state index in [2.05, 4.69) is 13.8 Å². The van der Waals surface area contributed by atoms with Gasteiger partial charge in [-0.15, -0.1) is 0 Å². The first-order chi connectivity index (χ1) is 12.1. The zero-order valence-electron chi connectivity index (χ0n) is 16.9. The molecule has 148 valence electrons. The number of rotatable bonds is 7. The predicted octanol–water partition coefficient (Wildman–Crippen LogP) is 4.07. The molecule has 0 radical (unpaired) electrons. The number of ether oxygens (including phenoxy) is 2. The summed E-state index contributed by atoms with van der Waals surface area (Å²) in [5.74, 6) is 0.751. The Morgan fingerprint density at radius 2 is 2.04 bits per heavy atom. The van der Waals surface area contributed by atoms with Crippen molar-refractivity contribution >= 4 is 17.7 Å². The average molecular weight is 366 g/mol. The van der Waals surface area contributed by atoms with Gasteiger partial charge in [0.1, 0.15) is 5.78 Å². The number of ketones is 1. The predicted molar refractivity (Wildman–Crippen MR) is 98.4 cm³/mol. The van der Waals surface area contributed by atoms with E-state index < -0.39 is 17.5 Å². The fraction of sp³-hybridized carbons (Fsp3) is 0.857. The molecule has 0 aliphatic heterocycles. The van der Waals surface area contributed by atoms with Gasteiger partial charge in [0.2, 0.25) is 5.60 Å². The summed E-state index contributed by atoms with van der Waals surface area (Å²) < 4.78 is 10.1. The molecule has 2 aliphatic rings. The Labute approximate surface area is 157 Å². The van der Waals surface area contributed by atoms with Crippen molar-refractivity contribution in [1.82, 2.24) is 0 Å². The number of hydrogen-bond donors (Lipinski definition) is 0. The summed E-state index contributed by atoms with van der Waals surface area (Å²) in [7, 11) is 1.31. The van der Waals surface area contributed by atoms with Crippen LogP contribution >= 0.6 is 0 Å². The molecule has 2 rings (SSSR count). The SMILES string of the molecule is COC(=O)[C@@](C)(CCC[C@@H](C)[C@H]1CCC2C(=O)CCC[C@@]21C)OC(C)=O. The van der Waals surface area contributed by atoms with E-state index >= 15 is 0 Å². The molecule has 0 saturated heterocycles. The lowest BCUT2D eigenvalue weighted by Gasteiger charge is -2.42. The van der Waals surface area contributed by atoms with Gasteiger partial charge < -0.3 is 9.47 Å². The summed E-state index contributed by atoms with van der Waals surface area (Å²) in [6, 6.07) is 0. The maximum absolute atomic E-state index is 12.3. The van der Waals surface area contributed by atoms with Crippen molar-refractivity contribution < 1.29 is 23.9 Å². The fourth-order valence-electron chi connectivity index (χ4n) is 5.60. The first kappa shape index (κ1) is 20.9. The topological polar surface area (TPSA) is 69.7 Å². The molecule has 0 aromatic rings. The van der Waals surface area contributed by atoms with Crippen LogP contribution in [0.15, 0.2) is 0 Å². The summed E-state index contributed by atoms with van der Waals surface area (Å²) in [6.07, 6.45) is 7.24. The minimum atomic E-state index is -1.22. The Hall–Kier alpha value is -1.39. The highest BCUT2D eigenvalue weighted by Crippen LogP contribution is 2.57. The minimum Gasteiger partial charge on any atom is -0.466 e. The van der Waals surface area contributed by atoms with Crippen LogP contribution in [0.5, 0.6) is 0 Å². The highest BCUT2D eigenvalue weighted by molar-refractivity contribution is 5.83. The third-order valence-electron chi connectivity index (χ3n) is 6.92. The molecule has 26 heavy (non-hydrogen) atoms. The molecule has 0 aromatic heterocycles. The van der Waals surface area contributed by atoms with Gasteiger partial charge in [0.25, 0.3) is 0 Å². The molecule has 2 fully saturated rings. The molecule has 0 heterocycles. The van der Waals surface area contributed by atoms with Crippen LogP contribution in [0.4, 0.5) is 0 Å². The van der Waals surface area contributed by atoms with Crippen molar-refractivity contribution in [2.75, 3.05) is 7.11 Å². The van der Waals surface area contributed by atoms with E-state index in [-0.39, 0.29) is 11.3 Å². The Kier molecular flexibility index (Phi) is 6.51. The first-order valence-corrected chi connectivity index (χ1v) is 9.95. The summed E-state index contributed by atoms with van der Waals surface area (Å²) in [5.41, 5.74) is -1.08. The molecule has 0 N–H and O–H groups in total. The minimum absolute atomic E-state index is 0.135. The second kappa shape index (κ2) is 8.10. The summed E-state index contributed by atoms with van der Waals surface area (Å²) in [6.45, 7) is 7.50. The smallest absolute Gasteiger partial charge is 0.350 e.